The third-order valence-corrected chi connectivity index (χ3v) is 9.91. The van der Waals surface area contributed by atoms with Gasteiger partial charge in [0.25, 0.3) is 0 Å². The summed E-state index contributed by atoms with van der Waals surface area (Å²) >= 11 is 0. The molecular weight excluding hydrogens is 516 g/mol. The molecule has 224 valence electrons. The molecule has 41 heavy (non-hydrogen) atoms. The molecule has 5 rings (SSSR count). The van der Waals surface area contributed by atoms with E-state index in [-0.39, 0.29) is 11.9 Å². The van der Waals surface area contributed by atoms with Crippen LogP contribution in [0.4, 0.5) is 0 Å². The average molecular weight is 566 g/mol. The summed E-state index contributed by atoms with van der Waals surface area (Å²) in [4.78, 5) is 17.5. The fourth-order valence-corrected chi connectivity index (χ4v) is 7.80. The number of hydrogen-bond donors (Lipinski definition) is 1. The first-order chi connectivity index (χ1) is 19.8. The molecule has 0 radical (unpaired) electrons. The molecule has 5 atom stereocenters. The van der Waals surface area contributed by atoms with E-state index in [9.17, 15) is 4.79 Å². The first kappa shape index (κ1) is 29.6. The fraction of sp³-hybridized carbons (Fsp3) is 0.618. The van der Waals surface area contributed by atoms with Crippen LogP contribution in [0.1, 0.15) is 80.8 Å². The van der Waals surface area contributed by atoms with Gasteiger partial charge in [0, 0.05) is 37.3 Å². The van der Waals surface area contributed by atoms with Crippen LogP contribution in [0.5, 0.6) is 23.0 Å². The number of fused-ring (bicyclic) bond motifs is 4. The first-order valence-electron chi connectivity index (χ1n) is 15.4. The number of carbonyl (C=O) groups is 1. The van der Waals surface area contributed by atoms with Gasteiger partial charge < -0.3 is 28.7 Å². The minimum Gasteiger partial charge on any atom is -0.493 e. The maximum Gasteiger partial charge on any atom is 0.223 e. The lowest BCUT2D eigenvalue weighted by molar-refractivity contribution is -0.944. The molecule has 0 bridgehead atoms. The van der Waals surface area contributed by atoms with E-state index in [1.807, 2.05) is 0 Å². The summed E-state index contributed by atoms with van der Waals surface area (Å²) in [6.45, 7) is 9.68. The summed E-state index contributed by atoms with van der Waals surface area (Å²) < 4.78 is 22.7. The molecule has 0 aliphatic carbocycles. The van der Waals surface area contributed by atoms with E-state index in [1.165, 1.54) is 28.8 Å². The van der Waals surface area contributed by atoms with Gasteiger partial charge in [-0.05, 0) is 72.1 Å². The number of quaternary nitrogens is 1. The number of nitrogens with zero attached hydrogens (tertiary/aromatic N) is 1. The quantitative estimate of drug-likeness (QED) is 0.473. The van der Waals surface area contributed by atoms with Crippen LogP contribution in [0, 0.1) is 17.8 Å². The van der Waals surface area contributed by atoms with Crippen molar-refractivity contribution in [1.82, 2.24) is 4.90 Å². The van der Waals surface area contributed by atoms with Gasteiger partial charge in [-0.25, -0.2) is 0 Å². The van der Waals surface area contributed by atoms with E-state index in [1.54, 1.807) is 33.3 Å². The van der Waals surface area contributed by atoms with Crippen LogP contribution in [0.25, 0.3) is 0 Å². The van der Waals surface area contributed by atoms with Gasteiger partial charge in [-0.15, -0.1) is 0 Å². The Balaban J connectivity index is 1.51. The predicted molar refractivity (Wildman–Crippen MR) is 160 cm³/mol. The van der Waals surface area contributed by atoms with E-state index in [4.69, 9.17) is 18.9 Å². The zero-order valence-electron chi connectivity index (χ0n) is 26.0. The predicted octanol–water partition coefficient (Wildman–Crippen LogP) is 4.81. The normalized spacial score (nSPS) is 25.2. The molecule has 1 fully saturated rings. The molecular formula is C34H49N2O5+. The van der Waals surface area contributed by atoms with Gasteiger partial charge in [0.1, 0.15) is 6.04 Å². The average Bonchev–Trinajstić information content (AvgIpc) is 2.98. The van der Waals surface area contributed by atoms with Gasteiger partial charge in [0.15, 0.2) is 23.0 Å². The second-order valence-electron chi connectivity index (χ2n) is 12.6. The zero-order valence-corrected chi connectivity index (χ0v) is 26.0. The third kappa shape index (κ3) is 5.75. The Bertz CT molecular complexity index is 1240. The van der Waals surface area contributed by atoms with Gasteiger partial charge >= 0.3 is 0 Å². The molecule has 3 heterocycles. The Morgan fingerprint density at radius 3 is 2.05 bits per heavy atom. The van der Waals surface area contributed by atoms with Crippen molar-refractivity contribution < 1.29 is 28.6 Å². The molecule has 1 saturated heterocycles. The van der Waals surface area contributed by atoms with Crippen LogP contribution in [0.2, 0.25) is 0 Å². The number of ether oxygens (including phenoxy) is 4. The number of rotatable bonds is 9. The lowest BCUT2D eigenvalue weighted by Crippen LogP contribution is -3.15. The van der Waals surface area contributed by atoms with Crippen molar-refractivity contribution in [3.05, 3.63) is 46.5 Å². The lowest BCUT2D eigenvalue weighted by Gasteiger charge is -2.47. The van der Waals surface area contributed by atoms with Gasteiger partial charge in [-0.2, -0.15) is 0 Å². The molecule has 1 unspecified atom stereocenters. The van der Waals surface area contributed by atoms with E-state index in [2.05, 4.69) is 49.9 Å². The molecule has 3 aliphatic rings. The van der Waals surface area contributed by atoms with E-state index in [0.717, 1.165) is 68.2 Å². The Morgan fingerprint density at radius 1 is 0.878 bits per heavy atom. The molecule has 0 saturated carbocycles. The second-order valence-corrected chi connectivity index (χ2v) is 12.6. The maximum atomic E-state index is 13.7. The van der Waals surface area contributed by atoms with Gasteiger partial charge in [-0.1, -0.05) is 20.8 Å². The Kier molecular flexibility index (Phi) is 9.03. The highest BCUT2D eigenvalue weighted by atomic mass is 16.5. The molecule has 3 aliphatic heterocycles. The third-order valence-electron chi connectivity index (χ3n) is 9.91. The number of piperidine rings is 1. The van der Waals surface area contributed by atoms with Crippen LogP contribution in [0.15, 0.2) is 24.3 Å². The summed E-state index contributed by atoms with van der Waals surface area (Å²) in [5.74, 6) is 4.85. The lowest BCUT2D eigenvalue weighted by atomic mass is 9.72. The van der Waals surface area contributed by atoms with E-state index >= 15 is 0 Å². The topological polar surface area (TPSA) is 61.7 Å². The van der Waals surface area contributed by atoms with Gasteiger partial charge in [0.05, 0.1) is 47.6 Å². The smallest absolute Gasteiger partial charge is 0.223 e. The summed E-state index contributed by atoms with van der Waals surface area (Å²) in [6.07, 6.45) is 5.73. The minimum absolute atomic E-state index is 0.0406. The van der Waals surface area contributed by atoms with Crippen LogP contribution < -0.4 is 23.8 Å². The van der Waals surface area contributed by atoms with Crippen LogP contribution >= 0.6 is 0 Å². The second kappa shape index (κ2) is 12.5. The highest BCUT2D eigenvalue weighted by Gasteiger charge is 2.44. The Labute approximate surface area is 246 Å². The first-order valence-corrected chi connectivity index (χ1v) is 15.4. The molecule has 7 heteroatoms. The molecule has 7 nitrogen and oxygen atoms in total. The van der Waals surface area contributed by atoms with Crippen LogP contribution in [-0.2, 0) is 17.6 Å². The molecule has 2 aromatic rings. The molecule has 2 aromatic carbocycles. The molecule has 1 amide bonds. The summed E-state index contributed by atoms with van der Waals surface area (Å²) in [7, 11) is 6.82. The van der Waals surface area contributed by atoms with Crippen LogP contribution in [-0.4, -0.2) is 58.9 Å². The highest BCUT2D eigenvalue weighted by Crippen LogP contribution is 2.45. The number of hydrogen-bond acceptors (Lipinski definition) is 5. The Hall–Kier alpha value is -2.93. The molecule has 0 aromatic heterocycles. The maximum absolute atomic E-state index is 13.7. The number of methoxy groups -OCH3 is 4. The van der Waals surface area contributed by atoms with Crippen molar-refractivity contribution in [2.75, 3.05) is 48.1 Å². The summed E-state index contributed by atoms with van der Waals surface area (Å²) in [5, 5.41) is 0. The largest absolute Gasteiger partial charge is 0.493 e. The van der Waals surface area contributed by atoms with Crippen molar-refractivity contribution in [3.8, 4) is 23.0 Å². The standard InChI is InChI=1S/C34H48N2O5/c1-8-22-20-35-11-9-23-16-30(38-4)32(40-6)18-26(23)28(35)14-25(22)15-29-27-19-33(41-7)31(39-5)17-24(27)10-12-36(29)34(37)13-21(2)3/h16-19,21-22,25,28-29H,8-15,20H2,1-7H3/p+1/t22-,25+,28-,29+/m0/s1. The van der Waals surface area contributed by atoms with Gasteiger partial charge in [0.2, 0.25) is 5.91 Å². The van der Waals surface area contributed by atoms with Crippen molar-refractivity contribution >= 4 is 5.91 Å². The number of amides is 1. The number of nitrogens with one attached hydrogen (secondary N) is 1. The monoisotopic (exact) mass is 565 g/mol. The highest BCUT2D eigenvalue weighted by molar-refractivity contribution is 5.77. The SMILES string of the molecule is CC[C@H]1C[NH+]2CCc3cc(OC)c(OC)cc3[C@@H]2C[C@@H]1C[C@@H]1c2cc(OC)c(OC)cc2CCN1C(=O)CC(C)C. The van der Waals surface area contributed by atoms with Crippen molar-refractivity contribution in [1.29, 1.82) is 0 Å². The van der Waals surface area contributed by atoms with Crippen LogP contribution in [0.3, 0.4) is 0 Å². The van der Waals surface area contributed by atoms with Crippen molar-refractivity contribution in [3.63, 3.8) is 0 Å². The number of benzene rings is 2. The number of carbonyl (C=O) groups excluding carboxylic acids is 1. The fourth-order valence-electron chi connectivity index (χ4n) is 7.80. The zero-order chi connectivity index (χ0) is 29.3. The molecule has 0 spiro atoms. The molecule has 1 N–H and O–H groups in total. The summed E-state index contributed by atoms with van der Waals surface area (Å²) in [5.41, 5.74) is 5.30. The summed E-state index contributed by atoms with van der Waals surface area (Å²) in [6, 6.07) is 9.16. The van der Waals surface area contributed by atoms with E-state index in [0.29, 0.717) is 30.2 Å². The minimum atomic E-state index is 0.0406. The Morgan fingerprint density at radius 2 is 1.46 bits per heavy atom. The van der Waals surface area contributed by atoms with Crippen molar-refractivity contribution in [2.45, 2.75) is 71.4 Å². The van der Waals surface area contributed by atoms with E-state index < -0.39 is 0 Å². The van der Waals surface area contributed by atoms with Gasteiger partial charge in [-0.3, -0.25) is 4.79 Å². The van der Waals surface area contributed by atoms with Crippen molar-refractivity contribution in [2.24, 2.45) is 17.8 Å².